The number of ether oxygens (including phenoxy) is 1. The zero-order chi connectivity index (χ0) is 16.8. The van der Waals surface area contributed by atoms with Crippen LogP contribution in [0.4, 0.5) is 13.2 Å². The zero-order valence-electron chi connectivity index (χ0n) is 12.3. The molecule has 1 N–H and O–H groups in total. The molecule has 0 aliphatic carbocycles. The number of hydrazone groups is 1. The third kappa shape index (κ3) is 2.62. The van der Waals surface area contributed by atoms with E-state index in [0.29, 0.717) is 11.3 Å². The standard InChI is InChI=1S/C14H13F3N4O2/c1-7-5-11(22)18-19-13(7)8-3-4-12(23-2)21-9(8)6-10(20-21)14(15,16)17/h3-4,6-7H,5H2,1-2H3,(H,18,22)/t7-/m1/s1. The molecule has 23 heavy (non-hydrogen) atoms. The summed E-state index contributed by atoms with van der Waals surface area (Å²) in [6.45, 7) is 1.79. The molecule has 2 aromatic heterocycles. The second-order valence-electron chi connectivity index (χ2n) is 5.25. The van der Waals surface area contributed by atoms with E-state index in [9.17, 15) is 18.0 Å². The first-order valence-corrected chi connectivity index (χ1v) is 6.82. The number of nitrogens with one attached hydrogen (secondary N) is 1. The number of carbonyl (C=O) groups is 1. The molecular weight excluding hydrogens is 313 g/mol. The molecule has 0 saturated carbocycles. The van der Waals surface area contributed by atoms with Gasteiger partial charge in [-0.3, -0.25) is 4.79 Å². The van der Waals surface area contributed by atoms with Gasteiger partial charge in [-0.2, -0.15) is 27.9 Å². The van der Waals surface area contributed by atoms with Crippen LogP contribution in [0.5, 0.6) is 5.88 Å². The predicted octanol–water partition coefficient (Wildman–Crippen LogP) is 2.22. The van der Waals surface area contributed by atoms with Crippen molar-refractivity contribution in [3.63, 3.8) is 0 Å². The van der Waals surface area contributed by atoms with Crippen LogP contribution in [-0.4, -0.2) is 28.3 Å². The van der Waals surface area contributed by atoms with E-state index in [1.54, 1.807) is 13.0 Å². The first-order chi connectivity index (χ1) is 10.8. The first-order valence-electron chi connectivity index (χ1n) is 6.82. The molecule has 0 aromatic carbocycles. The molecule has 9 heteroatoms. The highest BCUT2D eigenvalue weighted by atomic mass is 19.4. The Morgan fingerprint density at radius 2 is 2.13 bits per heavy atom. The number of fused-ring (bicyclic) bond motifs is 1. The quantitative estimate of drug-likeness (QED) is 0.920. The van der Waals surface area contributed by atoms with Crippen molar-refractivity contribution in [1.29, 1.82) is 0 Å². The number of nitrogens with zero attached hydrogens (tertiary/aromatic N) is 3. The van der Waals surface area contributed by atoms with Gasteiger partial charge in [0, 0.05) is 24.0 Å². The minimum atomic E-state index is -4.57. The van der Waals surface area contributed by atoms with Crippen LogP contribution in [0.1, 0.15) is 24.6 Å². The second kappa shape index (κ2) is 5.25. The molecule has 0 spiro atoms. The lowest BCUT2D eigenvalue weighted by molar-refractivity contribution is -0.141. The van der Waals surface area contributed by atoms with Gasteiger partial charge in [0.2, 0.25) is 11.8 Å². The van der Waals surface area contributed by atoms with Crippen molar-refractivity contribution in [3.05, 3.63) is 29.5 Å². The number of hydrogen-bond acceptors (Lipinski definition) is 4. The molecule has 3 heterocycles. The summed E-state index contributed by atoms with van der Waals surface area (Å²) in [4.78, 5) is 11.3. The van der Waals surface area contributed by atoms with Crippen LogP contribution in [0.25, 0.3) is 5.52 Å². The molecule has 0 radical (unpaired) electrons. The fraction of sp³-hybridized carbons (Fsp3) is 0.357. The van der Waals surface area contributed by atoms with Crippen LogP contribution in [-0.2, 0) is 11.0 Å². The summed E-state index contributed by atoms with van der Waals surface area (Å²) in [6.07, 6.45) is -4.35. The molecule has 1 amide bonds. The molecule has 0 saturated heterocycles. The highest BCUT2D eigenvalue weighted by Gasteiger charge is 2.35. The van der Waals surface area contributed by atoms with Crippen molar-refractivity contribution in [2.45, 2.75) is 19.5 Å². The third-order valence-electron chi connectivity index (χ3n) is 3.62. The van der Waals surface area contributed by atoms with Gasteiger partial charge in [0.25, 0.3) is 0 Å². The normalized spacial score (nSPS) is 18.7. The Morgan fingerprint density at radius 1 is 1.39 bits per heavy atom. The van der Waals surface area contributed by atoms with Crippen molar-refractivity contribution in [2.75, 3.05) is 7.11 Å². The van der Waals surface area contributed by atoms with Gasteiger partial charge in [-0.15, -0.1) is 0 Å². The van der Waals surface area contributed by atoms with Gasteiger partial charge in [-0.25, -0.2) is 5.43 Å². The lowest BCUT2D eigenvalue weighted by Gasteiger charge is -2.20. The molecule has 1 aliphatic heterocycles. The van der Waals surface area contributed by atoms with Gasteiger partial charge in [0.1, 0.15) is 0 Å². The van der Waals surface area contributed by atoms with Gasteiger partial charge in [0.05, 0.1) is 18.3 Å². The van der Waals surface area contributed by atoms with Crippen LogP contribution in [0.3, 0.4) is 0 Å². The summed E-state index contributed by atoms with van der Waals surface area (Å²) in [7, 11) is 1.35. The van der Waals surface area contributed by atoms with Crippen LogP contribution in [0.15, 0.2) is 23.3 Å². The Labute approximate surface area is 128 Å². The fourth-order valence-electron chi connectivity index (χ4n) is 2.54. The number of alkyl halides is 3. The molecule has 0 fully saturated rings. The minimum absolute atomic E-state index is 0.173. The van der Waals surface area contributed by atoms with E-state index < -0.39 is 11.9 Å². The van der Waals surface area contributed by atoms with Gasteiger partial charge >= 0.3 is 6.18 Å². The van der Waals surface area contributed by atoms with E-state index in [0.717, 1.165) is 10.6 Å². The van der Waals surface area contributed by atoms with Crippen molar-refractivity contribution >= 4 is 17.1 Å². The molecule has 1 aliphatic rings. The number of pyridine rings is 1. The van der Waals surface area contributed by atoms with Crippen LogP contribution >= 0.6 is 0 Å². The maximum Gasteiger partial charge on any atom is 0.435 e. The lowest BCUT2D eigenvalue weighted by atomic mass is 9.94. The summed E-state index contributed by atoms with van der Waals surface area (Å²) in [5.74, 6) is -0.271. The molecule has 0 unspecified atom stereocenters. The van der Waals surface area contributed by atoms with E-state index in [1.807, 2.05) is 0 Å². The number of aromatic nitrogens is 2. The van der Waals surface area contributed by atoms with Gasteiger partial charge in [-0.1, -0.05) is 6.92 Å². The Balaban J connectivity index is 2.22. The average molecular weight is 326 g/mol. The predicted molar refractivity (Wildman–Crippen MR) is 75.2 cm³/mol. The number of rotatable bonds is 2. The molecule has 0 bridgehead atoms. The summed E-state index contributed by atoms with van der Waals surface area (Å²) in [6, 6.07) is 4.08. The van der Waals surface area contributed by atoms with E-state index in [4.69, 9.17) is 4.74 Å². The van der Waals surface area contributed by atoms with E-state index in [1.165, 1.54) is 13.2 Å². The highest BCUT2D eigenvalue weighted by Crippen LogP contribution is 2.32. The van der Waals surface area contributed by atoms with Gasteiger partial charge in [-0.05, 0) is 12.1 Å². The van der Waals surface area contributed by atoms with Crippen molar-refractivity contribution in [3.8, 4) is 5.88 Å². The number of carbonyl (C=O) groups excluding carboxylic acids is 1. The fourth-order valence-corrected chi connectivity index (χ4v) is 2.54. The van der Waals surface area contributed by atoms with Crippen molar-refractivity contribution in [1.82, 2.24) is 15.0 Å². The lowest BCUT2D eigenvalue weighted by Crippen LogP contribution is -2.32. The SMILES string of the molecule is COc1ccc(C2=NNC(=O)C[C@H]2C)c2cc(C(F)(F)F)nn12. The van der Waals surface area contributed by atoms with Crippen LogP contribution in [0, 0.1) is 5.92 Å². The number of halogens is 3. The third-order valence-corrected chi connectivity index (χ3v) is 3.62. The summed E-state index contributed by atoms with van der Waals surface area (Å²) in [5.41, 5.74) is 2.54. The van der Waals surface area contributed by atoms with Gasteiger partial charge < -0.3 is 4.74 Å². The maximum atomic E-state index is 13.0. The molecule has 3 rings (SSSR count). The van der Waals surface area contributed by atoms with Crippen LogP contribution < -0.4 is 10.2 Å². The second-order valence-corrected chi connectivity index (χ2v) is 5.25. The van der Waals surface area contributed by atoms with Crippen LogP contribution in [0.2, 0.25) is 0 Å². The Kier molecular flexibility index (Phi) is 3.50. The first kappa shape index (κ1) is 15.3. The molecule has 122 valence electrons. The van der Waals surface area contributed by atoms with E-state index >= 15 is 0 Å². The smallest absolute Gasteiger partial charge is 0.435 e. The Hall–Kier alpha value is -2.58. The molecule has 6 nitrogen and oxygen atoms in total. The molecule has 2 aromatic rings. The highest BCUT2D eigenvalue weighted by molar-refractivity contribution is 6.10. The monoisotopic (exact) mass is 326 g/mol. The number of hydrogen-bond donors (Lipinski definition) is 1. The van der Waals surface area contributed by atoms with E-state index in [2.05, 4.69) is 15.6 Å². The minimum Gasteiger partial charge on any atom is -0.481 e. The number of methoxy groups -OCH3 is 1. The maximum absolute atomic E-state index is 13.0. The van der Waals surface area contributed by atoms with E-state index in [-0.39, 0.29) is 29.6 Å². The molecule has 1 atom stereocenters. The van der Waals surface area contributed by atoms with Gasteiger partial charge in [0.15, 0.2) is 5.69 Å². The average Bonchev–Trinajstić information content (AvgIpc) is 2.92. The summed E-state index contributed by atoms with van der Waals surface area (Å²) < 4.78 is 45.0. The Morgan fingerprint density at radius 3 is 2.74 bits per heavy atom. The molecular formula is C14H13F3N4O2. The Bertz CT molecular complexity index is 810. The zero-order valence-corrected chi connectivity index (χ0v) is 12.3. The van der Waals surface area contributed by atoms with Crippen molar-refractivity contribution in [2.24, 2.45) is 11.0 Å². The summed E-state index contributed by atoms with van der Waals surface area (Å²) in [5, 5.41) is 7.57. The largest absolute Gasteiger partial charge is 0.481 e. The number of amides is 1. The summed E-state index contributed by atoms with van der Waals surface area (Å²) >= 11 is 0. The van der Waals surface area contributed by atoms with Crippen molar-refractivity contribution < 1.29 is 22.7 Å². The topological polar surface area (TPSA) is 68.0 Å².